The SMILES string of the molecule is O=C(ON=C(Nc1ccc(F)c(Cl)c1)c1nonc1Cn1nnc(CN2CCOCC2)n1)C(F)(F)F. The number of rotatable bonds is 7. The first kappa shape index (κ1) is 25.4. The van der Waals surface area contributed by atoms with Gasteiger partial charge in [-0.2, -0.15) is 18.0 Å². The Labute approximate surface area is 203 Å². The zero-order valence-corrected chi connectivity index (χ0v) is 18.8. The number of carbonyl (C=O) groups excluding carboxylic acids is 1. The van der Waals surface area contributed by atoms with Crippen LogP contribution in [0.25, 0.3) is 0 Å². The van der Waals surface area contributed by atoms with Crippen molar-refractivity contribution < 1.29 is 36.6 Å². The molecule has 1 fully saturated rings. The summed E-state index contributed by atoms with van der Waals surface area (Å²) >= 11 is 5.75. The van der Waals surface area contributed by atoms with Crippen LogP contribution in [0.3, 0.4) is 0 Å². The van der Waals surface area contributed by atoms with E-state index in [1.807, 2.05) is 0 Å². The Balaban J connectivity index is 1.55. The molecule has 2 aromatic heterocycles. The van der Waals surface area contributed by atoms with Crippen LogP contribution in [0.2, 0.25) is 5.02 Å². The highest BCUT2D eigenvalue weighted by molar-refractivity contribution is 6.31. The van der Waals surface area contributed by atoms with E-state index < -0.39 is 23.8 Å². The van der Waals surface area contributed by atoms with Gasteiger partial charge in [0.25, 0.3) is 0 Å². The highest BCUT2D eigenvalue weighted by Crippen LogP contribution is 2.21. The van der Waals surface area contributed by atoms with Gasteiger partial charge in [-0.3, -0.25) is 4.90 Å². The van der Waals surface area contributed by atoms with E-state index in [1.165, 1.54) is 6.07 Å². The molecule has 1 aromatic carbocycles. The highest BCUT2D eigenvalue weighted by Gasteiger charge is 2.42. The van der Waals surface area contributed by atoms with E-state index in [4.69, 9.17) is 21.0 Å². The molecule has 192 valence electrons. The van der Waals surface area contributed by atoms with Gasteiger partial charge in [-0.05, 0) is 28.6 Å². The van der Waals surface area contributed by atoms with Crippen molar-refractivity contribution in [1.82, 2.24) is 35.4 Å². The van der Waals surface area contributed by atoms with Gasteiger partial charge in [-0.25, -0.2) is 13.8 Å². The normalized spacial score (nSPS) is 15.2. The van der Waals surface area contributed by atoms with Crippen molar-refractivity contribution in [3.05, 3.63) is 46.3 Å². The summed E-state index contributed by atoms with van der Waals surface area (Å²) in [6.07, 6.45) is -5.31. The Morgan fingerprint density at radius 2 is 2.00 bits per heavy atom. The molecular weight excluding hydrogens is 518 g/mol. The van der Waals surface area contributed by atoms with Crippen molar-refractivity contribution in [2.24, 2.45) is 5.16 Å². The van der Waals surface area contributed by atoms with E-state index in [-0.39, 0.29) is 28.6 Å². The molecule has 0 bridgehead atoms. The molecular formula is C18H16ClF4N9O4. The number of amidine groups is 1. The van der Waals surface area contributed by atoms with Crippen molar-refractivity contribution in [3.8, 4) is 0 Å². The van der Waals surface area contributed by atoms with Crippen LogP contribution in [0.15, 0.2) is 28.0 Å². The first-order valence-electron chi connectivity index (χ1n) is 10.2. The standard InChI is InChI=1S/C18H16ClF4N9O4/c19-11-7-10(1-2-12(11)20)24-16(29-35-17(33)18(21,22)23)15-13(27-36-28-15)8-32-26-14(25-30-32)9-31-3-5-34-6-4-31/h1-2,7H,3-6,8-9H2,(H,24,29). The lowest BCUT2D eigenvalue weighted by Gasteiger charge is -2.24. The summed E-state index contributed by atoms with van der Waals surface area (Å²) in [4.78, 5) is 18.4. The third kappa shape index (κ3) is 6.49. The Morgan fingerprint density at radius 3 is 2.72 bits per heavy atom. The zero-order valence-electron chi connectivity index (χ0n) is 18.1. The Kier molecular flexibility index (Phi) is 7.70. The molecule has 0 radical (unpaired) electrons. The average Bonchev–Trinajstić information content (AvgIpc) is 3.48. The maximum atomic E-state index is 13.5. The fraction of sp³-hybridized carbons (Fsp3) is 0.389. The first-order valence-corrected chi connectivity index (χ1v) is 10.5. The quantitative estimate of drug-likeness (QED) is 0.155. The largest absolute Gasteiger partial charge is 0.493 e. The van der Waals surface area contributed by atoms with Crippen LogP contribution < -0.4 is 5.32 Å². The second-order valence-corrected chi connectivity index (χ2v) is 7.66. The number of ether oxygens (including phenoxy) is 1. The molecule has 0 atom stereocenters. The number of benzene rings is 1. The number of halogens is 5. The lowest BCUT2D eigenvalue weighted by atomic mass is 10.2. The van der Waals surface area contributed by atoms with E-state index in [0.29, 0.717) is 38.7 Å². The number of aromatic nitrogens is 6. The van der Waals surface area contributed by atoms with Crippen LogP contribution in [0.1, 0.15) is 17.2 Å². The number of morpholine rings is 1. The number of alkyl halides is 3. The lowest BCUT2D eigenvalue weighted by Crippen LogP contribution is -2.36. The minimum absolute atomic E-state index is 0.00726. The molecule has 0 unspecified atom stereocenters. The lowest BCUT2D eigenvalue weighted by molar-refractivity contribution is -0.199. The molecule has 0 spiro atoms. The molecule has 0 aliphatic carbocycles. The van der Waals surface area contributed by atoms with Gasteiger partial charge in [-0.15, -0.1) is 10.2 Å². The molecule has 1 aliphatic heterocycles. The van der Waals surface area contributed by atoms with Crippen molar-refractivity contribution in [2.45, 2.75) is 19.3 Å². The molecule has 3 aromatic rings. The van der Waals surface area contributed by atoms with E-state index >= 15 is 0 Å². The number of anilines is 1. The summed E-state index contributed by atoms with van der Waals surface area (Å²) in [6.45, 7) is 2.86. The van der Waals surface area contributed by atoms with E-state index in [9.17, 15) is 22.4 Å². The van der Waals surface area contributed by atoms with Gasteiger partial charge in [0.15, 0.2) is 11.5 Å². The number of carbonyl (C=O) groups is 1. The number of oxime groups is 1. The van der Waals surface area contributed by atoms with Crippen LogP contribution in [0.4, 0.5) is 23.2 Å². The van der Waals surface area contributed by atoms with Crippen LogP contribution >= 0.6 is 11.6 Å². The maximum Gasteiger partial charge on any atom is 0.493 e. The molecule has 1 aliphatic rings. The van der Waals surface area contributed by atoms with Crippen molar-refractivity contribution >= 4 is 29.1 Å². The van der Waals surface area contributed by atoms with Crippen LogP contribution in [-0.2, 0) is 27.5 Å². The summed E-state index contributed by atoms with van der Waals surface area (Å²) in [5, 5.41) is 24.9. The Bertz CT molecular complexity index is 1240. The van der Waals surface area contributed by atoms with Gasteiger partial charge in [-0.1, -0.05) is 21.9 Å². The highest BCUT2D eigenvalue weighted by atomic mass is 35.5. The summed E-state index contributed by atoms with van der Waals surface area (Å²) in [7, 11) is 0. The molecule has 0 saturated carbocycles. The fourth-order valence-corrected chi connectivity index (χ4v) is 3.15. The van der Waals surface area contributed by atoms with Crippen molar-refractivity contribution in [2.75, 3.05) is 31.6 Å². The summed E-state index contributed by atoms with van der Waals surface area (Å²) in [6, 6.07) is 3.34. The van der Waals surface area contributed by atoms with E-state index in [1.54, 1.807) is 0 Å². The second kappa shape index (κ2) is 10.9. The monoisotopic (exact) mass is 533 g/mol. The summed E-state index contributed by atoms with van der Waals surface area (Å²) in [5.74, 6) is -3.41. The second-order valence-electron chi connectivity index (χ2n) is 7.25. The van der Waals surface area contributed by atoms with Gasteiger partial charge in [0.1, 0.15) is 18.1 Å². The third-order valence-electron chi connectivity index (χ3n) is 4.67. The number of nitrogens with zero attached hydrogens (tertiary/aromatic N) is 8. The maximum absolute atomic E-state index is 13.5. The summed E-state index contributed by atoms with van der Waals surface area (Å²) < 4.78 is 61.3. The predicted octanol–water partition coefficient (Wildman–Crippen LogP) is 1.61. The Hall–Kier alpha value is -3.70. The van der Waals surface area contributed by atoms with Gasteiger partial charge in [0.05, 0.1) is 24.8 Å². The van der Waals surface area contributed by atoms with Gasteiger partial charge >= 0.3 is 12.1 Å². The number of hydrogen-bond donors (Lipinski definition) is 1. The zero-order chi connectivity index (χ0) is 25.7. The molecule has 0 amide bonds. The van der Waals surface area contributed by atoms with Crippen molar-refractivity contribution in [3.63, 3.8) is 0 Å². The van der Waals surface area contributed by atoms with Crippen LogP contribution in [-0.4, -0.2) is 79.7 Å². The van der Waals surface area contributed by atoms with Gasteiger partial charge < -0.3 is 14.9 Å². The number of nitrogens with one attached hydrogen (secondary N) is 1. The molecule has 4 rings (SSSR count). The van der Waals surface area contributed by atoms with E-state index in [2.05, 4.69) is 45.9 Å². The molecule has 13 nitrogen and oxygen atoms in total. The molecule has 3 heterocycles. The van der Waals surface area contributed by atoms with E-state index in [0.717, 1.165) is 16.9 Å². The third-order valence-corrected chi connectivity index (χ3v) is 4.96. The average molecular weight is 534 g/mol. The molecule has 36 heavy (non-hydrogen) atoms. The predicted molar refractivity (Wildman–Crippen MR) is 111 cm³/mol. The molecule has 1 N–H and O–H groups in total. The molecule has 1 saturated heterocycles. The number of hydrogen-bond acceptors (Lipinski definition) is 11. The number of tetrazole rings is 1. The topological polar surface area (TPSA) is 146 Å². The minimum Gasteiger partial charge on any atom is -0.379 e. The van der Waals surface area contributed by atoms with Gasteiger partial charge in [0, 0.05) is 18.8 Å². The first-order chi connectivity index (χ1) is 17.2. The van der Waals surface area contributed by atoms with Crippen molar-refractivity contribution in [1.29, 1.82) is 0 Å². The van der Waals surface area contributed by atoms with Crippen LogP contribution in [0.5, 0.6) is 0 Å². The fourth-order valence-electron chi connectivity index (χ4n) is 2.96. The smallest absolute Gasteiger partial charge is 0.379 e. The van der Waals surface area contributed by atoms with Gasteiger partial charge in [0.2, 0.25) is 5.84 Å². The molecule has 18 heteroatoms. The van der Waals surface area contributed by atoms with Crippen LogP contribution in [0, 0.1) is 5.82 Å². The Morgan fingerprint density at radius 1 is 1.22 bits per heavy atom. The minimum atomic E-state index is -5.31. The summed E-state index contributed by atoms with van der Waals surface area (Å²) in [5.41, 5.74) is -0.144.